The molecule has 1 aliphatic rings. The molecule has 1 aromatic rings. The molecule has 10 heteroatoms. The van der Waals surface area contributed by atoms with Gasteiger partial charge in [-0.25, -0.2) is 9.37 Å². The highest BCUT2D eigenvalue weighted by Gasteiger charge is 2.52. The summed E-state index contributed by atoms with van der Waals surface area (Å²) in [6, 6.07) is 0.970. The molecule has 0 radical (unpaired) electrons. The number of carbonyl (C=O) groups is 1. The first-order valence-corrected chi connectivity index (χ1v) is 7.18. The molecular weight excluding hydrogens is 331 g/mol. The summed E-state index contributed by atoms with van der Waals surface area (Å²) in [4.78, 5) is 15.2. The molecule has 1 amide bonds. The Hall–Kier alpha value is -1.68. The second kappa shape index (κ2) is 6.00. The Balaban J connectivity index is 2.15. The zero-order chi connectivity index (χ0) is 18.3. The van der Waals surface area contributed by atoms with Gasteiger partial charge in [0.05, 0.1) is 11.2 Å². The van der Waals surface area contributed by atoms with Gasteiger partial charge in [-0.3, -0.25) is 4.79 Å². The maximum atomic E-state index is 14.0. The van der Waals surface area contributed by atoms with Crippen molar-refractivity contribution in [3.8, 4) is 0 Å². The van der Waals surface area contributed by atoms with Crippen LogP contribution in [0.5, 0.6) is 0 Å². The zero-order valence-corrected chi connectivity index (χ0v) is 13.6. The lowest BCUT2D eigenvalue weighted by Gasteiger charge is -2.32. The average Bonchev–Trinajstić information content (AvgIpc) is 2.64. The SMILES string of the molecule is CC1(C)OB(c2cnc(C(=O)NCC(F)(F)F)c(F)c2)OC1(C)C. The zero-order valence-electron chi connectivity index (χ0n) is 13.6. The minimum atomic E-state index is -4.59. The lowest BCUT2D eigenvalue weighted by atomic mass is 9.80. The molecule has 0 saturated carbocycles. The largest absolute Gasteiger partial charge is 0.496 e. The number of rotatable bonds is 3. The van der Waals surface area contributed by atoms with Crippen LogP contribution < -0.4 is 10.8 Å². The number of amides is 1. The molecule has 0 aromatic carbocycles. The molecule has 2 heterocycles. The summed E-state index contributed by atoms with van der Waals surface area (Å²) in [5.74, 6) is -2.30. The van der Waals surface area contributed by atoms with Crippen molar-refractivity contribution in [2.75, 3.05) is 6.54 Å². The van der Waals surface area contributed by atoms with E-state index in [1.807, 2.05) is 27.7 Å². The Morgan fingerprint density at radius 1 is 1.25 bits per heavy atom. The maximum absolute atomic E-state index is 14.0. The summed E-state index contributed by atoms with van der Waals surface area (Å²) in [6.07, 6.45) is -3.44. The second-order valence-electron chi connectivity index (χ2n) is 6.49. The van der Waals surface area contributed by atoms with Gasteiger partial charge in [-0.15, -0.1) is 0 Å². The standard InChI is InChI=1S/C14H17BF4N2O3/c1-12(2)13(3,4)24-15(23-12)8-5-9(16)10(20-6-8)11(22)21-7-14(17,18)19/h5-6H,7H2,1-4H3,(H,21,22). The van der Waals surface area contributed by atoms with Gasteiger partial charge in [-0.05, 0) is 33.8 Å². The minimum Gasteiger partial charge on any atom is -0.399 e. The first kappa shape index (κ1) is 18.7. The summed E-state index contributed by atoms with van der Waals surface area (Å²) in [5, 5.41) is 1.57. The molecule has 1 aliphatic heterocycles. The van der Waals surface area contributed by atoms with Gasteiger partial charge >= 0.3 is 13.3 Å². The molecule has 24 heavy (non-hydrogen) atoms. The van der Waals surface area contributed by atoms with Crippen molar-refractivity contribution in [2.45, 2.75) is 45.1 Å². The second-order valence-corrected chi connectivity index (χ2v) is 6.49. The number of hydrogen-bond acceptors (Lipinski definition) is 4. The third-order valence-corrected chi connectivity index (χ3v) is 4.05. The lowest BCUT2D eigenvalue weighted by molar-refractivity contribution is -0.123. The van der Waals surface area contributed by atoms with Crippen LogP contribution in [0.25, 0.3) is 0 Å². The third-order valence-electron chi connectivity index (χ3n) is 4.05. The predicted octanol–water partition coefficient (Wildman–Crippen LogP) is 1.81. The highest BCUT2D eigenvalue weighted by Crippen LogP contribution is 2.36. The summed E-state index contributed by atoms with van der Waals surface area (Å²) in [5.41, 5.74) is -1.77. The molecular formula is C14H17BF4N2O3. The van der Waals surface area contributed by atoms with Crippen LogP contribution in [0, 0.1) is 5.82 Å². The van der Waals surface area contributed by atoms with Gasteiger partial charge in [0, 0.05) is 11.7 Å². The average molecular weight is 348 g/mol. The number of alkyl halides is 3. The van der Waals surface area contributed by atoms with E-state index in [1.54, 1.807) is 5.32 Å². The van der Waals surface area contributed by atoms with Crippen LogP contribution in [0.4, 0.5) is 17.6 Å². The van der Waals surface area contributed by atoms with Gasteiger partial charge < -0.3 is 14.6 Å². The van der Waals surface area contributed by atoms with E-state index in [2.05, 4.69) is 4.98 Å². The number of carbonyl (C=O) groups excluding carboxylic acids is 1. The Labute approximate surface area is 136 Å². The smallest absolute Gasteiger partial charge is 0.399 e. The molecule has 0 aliphatic carbocycles. The van der Waals surface area contributed by atoms with Crippen LogP contribution in [0.2, 0.25) is 0 Å². The number of hydrogen-bond donors (Lipinski definition) is 1. The van der Waals surface area contributed by atoms with E-state index in [0.717, 1.165) is 12.3 Å². The van der Waals surface area contributed by atoms with Crippen LogP contribution in [-0.2, 0) is 9.31 Å². The van der Waals surface area contributed by atoms with Gasteiger partial charge in [0.25, 0.3) is 5.91 Å². The maximum Gasteiger partial charge on any atom is 0.496 e. The van der Waals surface area contributed by atoms with E-state index in [1.165, 1.54) is 0 Å². The highest BCUT2D eigenvalue weighted by molar-refractivity contribution is 6.62. The summed E-state index contributed by atoms with van der Waals surface area (Å²) in [7, 11) is -0.885. The lowest BCUT2D eigenvalue weighted by Crippen LogP contribution is -2.41. The highest BCUT2D eigenvalue weighted by atomic mass is 19.4. The normalized spacial score (nSPS) is 19.4. The van der Waals surface area contributed by atoms with E-state index in [0.29, 0.717) is 0 Å². The van der Waals surface area contributed by atoms with Crippen LogP contribution in [0.1, 0.15) is 38.2 Å². The molecule has 2 rings (SSSR count). The molecule has 0 atom stereocenters. The molecule has 5 nitrogen and oxygen atoms in total. The van der Waals surface area contributed by atoms with Gasteiger partial charge in [0.2, 0.25) is 0 Å². The van der Waals surface area contributed by atoms with E-state index in [-0.39, 0.29) is 5.46 Å². The molecule has 1 fully saturated rings. The van der Waals surface area contributed by atoms with E-state index >= 15 is 0 Å². The first-order chi connectivity index (χ1) is 10.8. The van der Waals surface area contributed by atoms with Crippen LogP contribution in [0.3, 0.4) is 0 Å². The van der Waals surface area contributed by atoms with Crippen molar-refractivity contribution >= 4 is 18.5 Å². The molecule has 0 unspecified atom stereocenters. The molecule has 1 N–H and O–H groups in total. The van der Waals surface area contributed by atoms with Crippen molar-refractivity contribution in [2.24, 2.45) is 0 Å². The Kier molecular flexibility index (Phi) is 4.66. The number of nitrogens with zero attached hydrogens (tertiary/aromatic N) is 1. The summed E-state index contributed by atoms with van der Waals surface area (Å²) < 4.78 is 61.7. The topological polar surface area (TPSA) is 60.5 Å². The van der Waals surface area contributed by atoms with Crippen molar-refractivity contribution in [3.63, 3.8) is 0 Å². The Morgan fingerprint density at radius 3 is 2.25 bits per heavy atom. The van der Waals surface area contributed by atoms with Gasteiger partial charge in [0.15, 0.2) is 11.5 Å². The van der Waals surface area contributed by atoms with Gasteiger partial charge in [0.1, 0.15) is 6.54 Å². The van der Waals surface area contributed by atoms with Crippen molar-refractivity contribution in [1.82, 2.24) is 10.3 Å². The predicted molar refractivity (Wildman–Crippen MR) is 78.3 cm³/mol. The molecule has 1 saturated heterocycles. The number of halogens is 4. The number of pyridine rings is 1. The van der Waals surface area contributed by atoms with E-state index in [4.69, 9.17) is 9.31 Å². The summed E-state index contributed by atoms with van der Waals surface area (Å²) >= 11 is 0. The quantitative estimate of drug-likeness (QED) is 0.669. The fourth-order valence-corrected chi connectivity index (χ4v) is 1.99. The minimum absolute atomic E-state index is 0.235. The monoisotopic (exact) mass is 348 g/mol. The molecule has 132 valence electrons. The number of nitrogens with one attached hydrogen (secondary N) is 1. The molecule has 0 bridgehead atoms. The van der Waals surface area contributed by atoms with Gasteiger partial charge in [-0.1, -0.05) is 0 Å². The summed E-state index contributed by atoms with van der Waals surface area (Å²) in [6.45, 7) is 5.70. The fraction of sp³-hybridized carbons (Fsp3) is 0.571. The molecule has 0 spiro atoms. The number of aromatic nitrogens is 1. The van der Waals surface area contributed by atoms with Crippen molar-refractivity contribution < 1.29 is 31.7 Å². The third kappa shape index (κ3) is 3.86. The Morgan fingerprint density at radius 2 is 1.79 bits per heavy atom. The van der Waals surface area contributed by atoms with Crippen LogP contribution in [0.15, 0.2) is 12.3 Å². The van der Waals surface area contributed by atoms with Crippen molar-refractivity contribution in [1.29, 1.82) is 0 Å². The van der Waals surface area contributed by atoms with E-state index in [9.17, 15) is 22.4 Å². The Bertz CT molecular complexity index is 633. The van der Waals surface area contributed by atoms with Crippen LogP contribution >= 0.6 is 0 Å². The van der Waals surface area contributed by atoms with E-state index < -0.39 is 48.5 Å². The molecule has 1 aromatic heterocycles. The van der Waals surface area contributed by atoms with Crippen LogP contribution in [-0.4, -0.2) is 41.9 Å². The fourth-order valence-electron chi connectivity index (χ4n) is 1.99. The van der Waals surface area contributed by atoms with Crippen molar-refractivity contribution in [3.05, 3.63) is 23.8 Å². The van der Waals surface area contributed by atoms with Gasteiger partial charge in [-0.2, -0.15) is 13.2 Å². The first-order valence-electron chi connectivity index (χ1n) is 7.18.